The molecule has 0 aliphatic heterocycles. The molecule has 0 amide bonds. The molecule has 0 aromatic rings. The summed E-state index contributed by atoms with van der Waals surface area (Å²) in [5.41, 5.74) is 1.11. The summed E-state index contributed by atoms with van der Waals surface area (Å²) in [5, 5.41) is 10.4. The molecule has 0 saturated carbocycles. The van der Waals surface area contributed by atoms with Crippen molar-refractivity contribution in [2.75, 3.05) is 0 Å². The molecule has 0 heterocycles. The van der Waals surface area contributed by atoms with E-state index in [4.69, 9.17) is 0 Å². The van der Waals surface area contributed by atoms with E-state index in [2.05, 4.69) is 6.58 Å². The van der Waals surface area contributed by atoms with Crippen molar-refractivity contribution in [2.45, 2.75) is 26.7 Å². The van der Waals surface area contributed by atoms with Gasteiger partial charge in [0.05, 0.1) is 11.3 Å². The van der Waals surface area contributed by atoms with Crippen LogP contribution in [0.4, 0.5) is 0 Å². The molecule has 0 aliphatic rings. The van der Waals surface area contributed by atoms with Gasteiger partial charge in [0.1, 0.15) is 0 Å². The topological polar surface area (TPSA) is 43.1 Å². The number of allylic oxidation sites excluding steroid dienone is 2. The van der Waals surface area contributed by atoms with E-state index >= 15 is 0 Å². The zero-order valence-corrected chi connectivity index (χ0v) is 6.96. The molecule has 0 rings (SSSR count). The minimum atomic E-state index is -0.333. The summed E-state index contributed by atoms with van der Waals surface area (Å²) >= 11 is 0. The number of nitro groups is 1. The lowest BCUT2D eigenvalue weighted by atomic mass is 10.1. The molecular formula is C8H13NO2. The fourth-order valence-corrected chi connectivity index (χ4v) is 0.745. The molecule has 11 heavy (non-hydrogen) atoms. The molecule has 0 aromatic heterocycles. The SMILES string of the molecule is C=CC/C(=C(\C)CC)[N+](=O)[O-]. The summed E-state index contributed by atoms with van der Waals surface area (Å²) in [4.78, 5) is 10.1. The van der Waals surface area contributed by atoms with Crippen LogP contribution in [0.3, 0.4) is 0 Å². The molecule has 3 heteroatoms. The lowest BCUT2D eigenvalue weighted by Gasteiger charge is -1.98. The first-order chi connectivity index (χ1) is 5.13. The summed E-state index contributed by atoms with van der Waals surface area (Å²) in [7, 11) is 0. The van der Waals surface area contributed by atoms with E-state index in [1.807, 2.05) is 6.92 Å². The largest absolute Gasteiger partial charge is 0.259 e. The first-order valence-electron chi connectivity index (χ1n) is 3.57. The van der Waals surface area contributed by atoms with Crippen molar-refractivity contribution in [3.05, 3.63) is 34.0 Å². The van der Waals surface area contributed by atoms with E-state index < -0.39 is 0 Å². The van der Waals surface area contributed by atoms with Crippen LogP contribution in [-0.4, -0.2) is 4.92 Å². The van der Waals surface area contributed by atoms with E-state index in [1.54, 1.807) is 13.0 Å². The highest BCUT2D eigenvalue weighted by atomic mass is 16.6. The maximum Gasteiger partial charge on any atom is 0.248 e. The van der Waals surface area contributed by atoms with E-state index in [0.29, 0.717) is 6.42 Å². The van der Waals surface area contributed by atoms with Crippen LogP contribution in [-0.2, 0) is 0 Å². The average molecular weight is 155 g/mol. The number of hydrogen-bond acceptors (Lipinski definition) is 2. The second-order valence-electron chi connectivity index (χ2n) is 2.33. The highest BCUT2D eigenvalue weighted by Gasteiger charge is 2.10. The van der Waals surface area contributed by atoms with Gasteiger partial charge in [0, 0.05) is 0 Å². The van der Waals surface area contributed by atoms with E-state index in [9.17, 15) is 10.1 Å². The smallest absolute Gasteiger partial charge is 0.248 e. The van der Waals surface area contributed by atoms with Crippen molar-refractivity contribution in [1.82, 2.24) is 0 Å². The quantitative estimate of drug-likeness (QED) is 0.355. The Morgan fingerprint density at radius 1 is 1.73 bits per heavy atom. The molecular weight excluding hydrogens is 142 g/mol. The Kier molecular flexibility index (Phi) is 4.18. The molecule has 3 nitrogen and oxygen atoms in total. The standard InChI is InChI=1S/C8H13NO2/c1-4-6-8(9(10)11)7(3)5-2/h4H,1,5-6H2,2-3H3/b8-7-. The van der Waals surface area contributed by atoms with E-state index in [-0.39, 0.29) is 10.6 Å². The number of hydrogen-bond donors (Lipinski definition) is 0. The van der Waals surface area contributed by atoms with Crippen LogP contribution in [0.15, 0.2) is 23.9 Å². The Morgan fingerprint density at radius 2 is 2.27 bits per heavy atom. The van der Waals surface area contributed by atoms with Crippen molar-refractivity contribution in [3.8, 4) is 0 Å². The monoisotopic (exact) mass is 155 g/mol. The minimum absolute atomic E-state index is 0.280. The number of rotatable bonds is 4. The molecule has 62 valence electrons. The predicted octanol–water partition coefficient (Wildman–Crippen LogP) is 2.52. The van der Waals surface area contributed by atoms with E-state index in [1.165, 1.54) is 0 Å². The highest BCUT2D eigenvalue weighted by molar-refractivity contribution is 5.07. The first-order valence-corrected chi connectivity index (χ1v) is 3.57. The fraction of sp³-hybridized carbons (Fsp3) is 0.500. The molecule has 0 unspecified atom stereocenters. The van der Waals surface area contributed by atoms with Crippen molar-refractivity contribution in [3.63, 3.8) is 0 Å². The van der Waals surface area contributed by atoms with Gasteiger partial charge in [0.2, 0.25) is 5.70 Å². The zero-order valence-electron chi connectivity index (χ0n) is 6.96. The third-order valence-electron chi connectivity index (χ3n) is 1.58. The zero-order chi connectivity index (χ0) is 8.85. The summed E-state index contributed by atoms with van der Waals surface area (Å²) in [6, 6.07) is 0. The maximum absolute atomic E-state index is 10.4. The number of nitrogens with zero attached hydrogens (tertiary/aromatic N) is 1. The summed E-state index contributed by atoms with van der Waals surface area (Å²) in [5.74, 6) is 0. The van der Waals surface area contributed by atoms with Gasteiger partial charge in [-0.1, -0.05) is 13.0 Å². The Labute approximate surface area is 66.6 Å². The van der Waals surface area contributed by atoms with Gasteiger partial charge < -0.3 is 0 Å². The third-order valence-corrected chi connectivity index (χ3v) is 1.58. The van der Waals surface area contributed by atoms with Crippen LogP contribution in [0.25, 0.3) is 0 Å². The van der Waals surface area contributed by atoms with Crippen LogP contribution in [0.1, 0.15) is 26.7 Å². The molecule has 0 atom stereocenters. The molecule has 0 bridgehead atoms. The fourth-order valence-electron chi connectivity index (χ4n) is 0.745. The van der Waals surface area contributed by atoms with Gasteiger partial charge in [-0.3, -0.25) is 10.1 Å². The molecule has 0 aromatic carbocycles. The lowest BCUT2D eigenvalue weighted by Crippen LogP contribution is -2.00. The second-order valence-corrected chi connectivity index (χ2v) is 2.33. The van der Waals surface area contributed by atoms with Crippen LogP contribution in [0.2, 0.25) is 0 Å². The Hall–Kier alpha value is -1.12. The van der Waals surface area contributed by atoms with Gasteiger partial charge >= 0.3 is 0 Å². The van der Waals surface area contributed by atoms with Crippen LogP contribution < -0.4 is 0 Å². The van der Waals surface area contributed by atoms with Gasteiger partial charge in [-0.2, -0.15) is 0 Å². The van der Waals surface area contributed by atoms with Crippen LogP contribution in [0, 0.1) is 10.1 Å². The van der Waals surface area contributed by atoms with Gasteiger partial charge in [-0.15, -0.1) is 6.58 Å². The molecule has 0 aliphatic carbocycles. The summed E-state index contributed by atoms with van der Waals surface area (Å²) < 4.78 is 0. The van der Waals surface area contributed by atoms with Crippen molar-refractivity contribution in [2.24, 2.45) is 0 Å². The van der Waals surface area contributed by atoms with Gasteiger partial charge in [-0.25, -0.2) is 0 Å². The van der Waals surface area contributed by atoms with E-state index in [0.717, 1.165) is 12.0 Å². The van der Waals surface area contributed by atoms with Crippen molar-refractivity contribution < 1.29 is 4.92 Å². The second kappa shape index (κ2) is 4.66. The van der Waals surface area contributed by atoms with Crippen molar-refractivity contribution >= 4 is 0 Å². The Balaban J connectivity index is 4.56. The molecule has 0 spiro atoms. The normalized spacial score (nSPS) is 12.2. The first kappa shape index (κ1) is 9.88. The maximum atomic E-state index is 10.4. The average Bonchev–Trinajstić information content (AvgIpc) is 1.98. The summed E-state index contributed by atoms with van der Waals surface area (Å²) in [6.07, 6.45) is 2.63. The molecule has 0 saturated heterocycles. The lowest BCUT2D eigenvalue weighted by molar-refractivity contribution is -0.428. The molecule has 0 fully saturated rings. The Bertz CT molecular complexity index is 194. The van der Waals surface area contributed by atoms with Gasteiger partial charge in [-0.05, 0) is 18.9 Å². The predicted molar refractivity (Wildman–Crippen MR) is 44.8 cm³/mol. The van der Waals surface area contributed by atoms with Crippen LogP contribution in [0.5, 0.6) is 0 Å². The Morgan fingerprint density at radius 3 is 2.55 bits per heavy atom. The van der Waals surface area contributed by atoms with Gasteiger partial charge in [0.15, 0.2) is 0 Å². The minimum Gasteiger partial charge on any atom is -0.259 e. The highest BCUT2D eigenvalue weighted by Crippen LogP contribution is 2.12. The summed E-state index contributed by atoms with van der Waals surface area (Å²) in [6.45, 7) is 7.15. The van der Waals surface area contributed by atoms with Crippen molar-refractivity contribution in [1.29, 1.82) is 0 Å². The van der Waals surface area contributed by atoms with Crippen LogP contribution >= 0.6 is 0 Å². The third kappa shape index (κ3) is 2.98. The van der Waals surface area contributed by atoms with Gasteiger partial charge in [0.25, 0.3) is 0 Å². The molecule has 0 N–H and O–H groups in total. The molecule has 0 radical (unpaired) electrons.